The minimum atomic E-state index is -0.254. The lowest BCUT2D eigenvalue weighted by Gasteiger charge is -2.22. The van der Waals surface area contributed by atoms with Crippen LogP contribution in [0.2, 0.25) is 0 Å². The Morgan fingerprint density at radius 3 is 2.68 bits per heavy atom. The van der Waals surface area contributed by atoms with E-state index in [0.29, 0.717) is 18.4 Å². The van der Waals surface area contributed by atoms with Crippen molar-refractivity contribution >= 4 is 5.91 Å². The number of carbonyl (C=O) groups excluding carboxylic acids is 1. The number of aliphatic hydroxyl groups is 1. The van der Waals surface area contributed by atoms with Crippen LogP contribution in [0.4, 0.5) is 0 Å². The highest BCUT2D eigenvalue weighted by molar-refractivity contribution is 5.78. The van der Waals surface area contributed by atoms with Gasteiger partial charge in [0.1, 0.15) is 0 Å². The van der Waals surface area contributed by atoms with Crippen LogP contribution in [0.5, 0.6) is 0 Å². The van der Waals surface area contributed by atoms with E-state index < -0.39 is 0 Å². The number of hydrogen-bond donors (Lipinski definition) is 2. The number of nitrogens with one attached hydrogen (secondary N) is 1. The van der Waals surface area contributed by atoms with Crippen molar-refractivity contribution in [1.29, 1.82) is 0 Å². The lowest BCUT2D eigenvalue weighted by molar-refractivity contribution is -0.122. The van der Waals surface area contributed by atoms with E-state index in [1.165, 1.54) is 32.1 Å². The minimum absolute atomic E-state index is 0.150. The summed E-state index contributed by atoms with van der Waals surface area (Å²) in [5.41, 5.74) is 0. The zero-order chi connectivity index (χ0) is 13.7. The average Bonchev–Trinajstić information content (AvgIpc) is 2.86. The van der Waals surface area contributed by atoms with Gasteiger partial charge in [0.05, 0.1) is 12.6 Å². The first-order valence-corrected chi connectivity index (χ1v) is 7.82. The molecule has 1 amide bonds. The Labute approximate surface area is 116 Å². The van der Waals surface area contributed by atoms with Gasteiger partial charge in [-0.1, -0.05) is 19.3 Å². The zero-order valence-electron chi connectivity index (χ0n) is 12.1. The second-order valence-corrected chi connectivity index (χ2v) is 6.33. The van der Waals surface area contributed by atoms with Crippen LogP contribution in [0, 0.1) is 11.8 Å². The molecule has 1 saturated carbocycles. The van der Waals surface area contributed by atoms with Crippen LogP contribution < -0.4 is 5.32 Å². The number of aliphatic hydroxyl groups excluding tert-OH is 1. The Kier molecular flexibility index (Phi) is 5.64. The Hall–Kier alpha value is -0.610. The monoisotopic (exact) mass is 268 g/mol. The average molecular weight is 268 g/mol. The normalized spacial score (nSPS) is 27.4. The highest BCUT2D eigenvalue weighted by Gasteiger charge is 2.27. The minimum Gasteiger partial charge on any atom is -0.393 e. The molecule has 0 bridgehead atoms. The molecule has 0 radical (unpaired) electrons. The smallest absolute Gasteiger partial charge is 0.234 e. The summed E-state index contributed by atoms with van der Waals surface area (Å²) >= 11 is 0. The van der Waals surface area contributed by atoms with Gasteiger partial charge < -0.3 is 10.4 Å². The van der Waals surface area contributed by atoms with Crippen LogP contribution in [0.15, 0.2) is 0 Å². The maximum Gasteiger partial charge on any atom is 0.234 e. The van der Waals surface area contributed by atoms with Crippen LogP contribution in [-0.4, -0.2) is 48.2 Å². The van der Waals surface area contributed by atoms with Crippen LogP contribution in [0.25, 0.3) is 0 Å². The molecule has 4 heteroatoms. The van der Waals surface area contributed by atoms with Crippen LogP contribution in [0.1, 0.15) is 45.4 Å². The van der Waals surface area contributed by atoms with Crippen molar-refractivity contribution in [2.75, 3.05) is 26.2 Å². The summed E-state index contributed by atoms with van der Waals surface area (Å²) in [6.07, 6.45) is 7.30. The number of rotatable bonds is 5. The van der Waals surface area contributed by atoms with Crippen molar-refractivity contribution in [3.8, 4) is 0 Å². The van der Waals surface area contributed by atoms with Crippen LogP contribution >= 0.6 is 0 Å². The van der Waals surface area contributed by atoms with Gasteiger partial charge in [0.25, 0.3) is 0 Å². The fraction of sp³-hybridized carbons (Fsp3) is 0.933. The van der Waals surface area contributed by atoms with Gasteiger partial charge in [-0.3, -0.25) is 9.69 Å². The zero-order valence-corrected chi connectivity index (χ0v) is 12.1. The molecule has 2 unspecified atom stereocenters. The third-order valence-electron chi connectivity index (χ3n) is 4.67. The van der Waals surface area contributed by atoms with Gasteiger partial charge in [-0.15, -0.1) is 0 Å². The highest BCUT2D eigenvalue weighted by atomic mass is 16.3. The third-order valence-corrected chi connectivity index (χ3v) is 4.67. The molecule has 2 fully saturated rings. The van der Waals surface area contributed by atoms with Crippen LogP contribution in [0.3, 0.4) is 0 Å². The Balaban J connectivity index is 1.62. The second-order valence-electron chi connectivity index (χ2n) is 6.33. The summed E-state index contributed by atoms with van der Waals surface area (Å²) < 4.78 is 0. The standard InChI is InChI=1S/C15H28N2O2/c1-12(18)14-7-8-17(10-14)11-15(19)16-9-13-5-3-2-4-6-13/h12-14,18H,2-11H2,1H3,(H,16,19). The molecule has 0 aromatic heterocycles. The van der Waals surface area contributed by atoms with E-state index in [2.05, 4.69) is 10.2 Å². The van der Waals surface area contributed by atoms with E-state index in [9.17, 15) is 9.90 Å². The summed E-state index contributed by atoms with van der Waals surface area (Å²) in [5, 5.41) is 12.6. The van der Waals surface area contributed by atoms with Gasteiger partial charge >= 0.3 is 0 Å². The van der Waals surface area contributed by atoms with Gasteiger partial charge in [0.2, 0.25) is 5.91 Å². The molecule has 1 heterocycles. The molecule has 19 heavy (non-hydrogen) atoms. The molecular formula is C15H28N2O2. The number of amides is 1. The molecule has 4 nitrogen and oxygen atoms in total. The molecule has 2 N–H and O–H groups in total. The molecule has 2 aliphatic rings. The molecule has 1 saturated heterocycles. The molecule has 0 aromatic carbocycles. The van der Waals surface area contributed by atoms with Gasteiger partial charge in [-0.2, -0.15) is 0 Å². The lowest BCUT2D eigenvalue weighted by atomic mass is 9.89. The molecular weight excluding hydrogens is 240 g/mol. The number of hydrogen-bond acceptors (Lipinski definition) is 3. The second kappa shape index (κ2) is 7.25. The van der Waals surface area contributed by atoms with E-state index in [1.54, 1.807) is 0 Å². The molecule has 2 rings (SSSR count). The molecule has 1 aliphatic carbocycles. The van der Waals surface area contributed by atoms with Gasteiger partial charge in [0.15, 0.2) is 0 Å². The summed E-state index contributed by atoms with van der Waals surface area (Å²) in [5.74, 6) is 1.18. The lowest BCUT2D eigenvalue weighted by Crippen LogP contribution is -2.39. The topological polar surface area (TPSA) is 52.6 Å². The van der Waals surface area contributed by atoms with Gasteiger partial charge in [-0.05, 0) is 44.6 Å². The first kappa shape index (κ1) is 14.8. The number of nitrogens with zero attached hydrogens (tertiary/aromatic N) is 1. The van der Waals surface area contributed by atoms with Gasteiger partial charge in [0, 0.05) is 13.1 Å². The maximum absolute atomic E-state index is 11.9. The Morgan fingerprint density at radius 2 is 2.05 bits per heavy atom. The van der Waals surface area contributed by atoms with Crippen molar-refractivity contribution in [2.24, 2.45) is 11.8 Å². The Bertz CT molecular complexity index is 288. The van der Waals surface area contributed by atoms with Crippen LogP contribution in [-0.2, 0) is 4.79 Å². The summed E-state index contributed by atoms with van der Waals surface area (Å²) in [7, 11) is 0. The molecule has 1 aliphatic heterocycles. The maximum atomic E-state index is 11.9. The molecule has 0 spiro atoms. The van der Waals surface area contributed by atoms with E-state index in [4.69, 9.17) is 0 Å². The number of likely N-dealkylation sites (tertiary alicyclic amines) is 1. The summed E-state index contributed by atoms with van der Waals surface area (Å²) in [6.45, 7) is 4.99. The summed E-state index contributed by atoms with van der Waals surface area (Å²) in [4.78, 5) is 14.1. The first-order valence-electron chi connectivity index (χ1n) is 7.82. The SMILES string of the molecule is CC(O)C1CCN(CC(=O)NCC2CCCCC2)C1. The van der Waals surface area contributed by atoms with Crippen molar-refractivity contribution in [2.45, 2.75) is 51.6 Å². The fourth-order valence-corrected chi connectivity index (χ4v) is 3.31. The fourth-order valence-electron chi connectivity index (χ4n) is 3.31. The predicted molar refractivity (Wildman–Crippen MR) is 75.8 cm³/mol. The molecule has 0 aromatic rings. The first-order chi connectivity index (χ1) is 9.15. The quantitative estimate of drug-likeness (QED) is 0.792. The summed E-state index contributed by atoms with van der Waals surface area (Å²) in [6, 6.07) is 0. The number of carbonyl (C=O) groups is 1. The van der Waals surface area contributed by atoms with Crippen molar-refractivity contribution in [1.82, 2.24) is 10.2 Å². The van der Waals surface area contributed by atoms with E-state index in [1.807, 2.05) is 6.92 Å². The molecule has 110 valence electrons. The Morgan fingerprint density at radius 1 is 1.32 bits per heavy atom. The highest BCUT2D eigenvalue weighted by Crippen LogP contribution is 2.23. The van der Waals surface area contributed by atoms with E-state index >= 15 is 0 Å². The third kappa shape index (κ3) is 4.77. The van der Waals surface area contributed by atoms with Crippen molar-refractivity contribution < 1.29 is 9.90 Å². The van der Waals surface area contributed by atoms with Crippen molar-refractivity contribution in [3.05, 3.63) is 0 Å². The van der Waals surface area contributed by atoms with Gasteiger partial charge in [-0.25, -0.2) is 0 Å². The molecule has 2 atom stereocenters. The van der Waals surface area contributed by atoms with E-state index in [0.717, 1.165) is 26.1 Å². The van der Waals surface area contributed by atoms with E-state index in [-0.39, 0.29) is 12.0 Å². The predicted octanol–water partition coefficient (Wildman–Crippen LogP) is 1.39. The largest absolute Gasteiger partial charge is 0.393 e. The van der Waals surface area contributed by atoms with Crippen molar-refractivity contribution in [3.63, 3.8) is 0 Å².